The van der Waals surface area contributed by atoms with Gasteiger partial charge < -0.3 is 10.1 Å². The van der Waals surface area contributed by atoms with Crippen molar-refractivity contribution in [3.05, 3.63) is 35.4 Å². The molecule has 3 rings (SSSR count). The SMILES string of the molecule is CCNC1c2ccccc2CCCC1OC1CCC1. The second-order valence-electron chi connectivity index (χ2n) is 5.85. The molecule has 0 aliphatic heterocycles. The van der Waals surface area contributed by atoms with Crippen LogP contribution in [0.2, 0.25) is 0 Å². The lowest BCUT2D eigenvalue weighted by atomic mass is 9.94. The van der Waals surface area contributed by atoms with Crippen molar-refractivity contribution in [3.8, 4) is 0 Å². The molecule has 1 fully saturated rings. The summed E-state index contributed by atoms with van der Waals surface area (Å²) >= 11 is 0. The van der Waals surface area contributed by atoms with Gasteiger partial charge in [-0.2, -0.15) is 0 Å². The molecule has 1 aromatic carbocycles. The number of benzene rings is 1. The molecule has 2 aliphatic carbocycles. The van der Waals surface area contributed by atoms with Gasteiger partial charge in [0.1, 0.15) is 0 Å². The quantitative estimate of drug-likeness (QED) is 0.834. The summed E-state index contributed by atoms with van der Waals surface area (Å²) in [7, 11) is 0. The van der Waals surface area contributed by atoms with E-state index in [9.17, 15) is 0 Å². The molecule has 0 bridgehead atoms. The molecule has 1 aromatic rings. The Labute approximate surface area is 116 Å². The van der Waals surface area contributed by atoms with E-state index in [1.165, 1.54) is 49.7 Å². The molecule has 2 atom stereocenters. The number of aryl methyl sites for hydroxylation is 1. The number of fused-ring (bicyclic) bond motifs is 1. The lowest BCUT2D eigenvalue weighted by Gasteiger charge is -2.34. The number of ether oxygens (including phenoxy) is 1. The van der Waals surface area contributed by atoms with Gasteiger partial charge in [0.05, 0.1) is 18.2 Å². The maximum Gasteiger partial charge on any atom is 0.0773 e. The van der Waals surface area contributed by atoms with Crippen LogP contribution in [0.15, 0.2) is 24.3 Å². The summed E-state index contributed by atoms with van der Waals surface area (Å²) in [6.07, 6.45) is 8.38. The normalized spacial score (nSPS) is 27.4. The average Bonchev–Trinajstić information content (AvgIpc) is 2.55. The summed E-state index contributed by atoms with van der Waals surface area (Å²) in [5, 5.41) is 3.66. The van der Waals surface area contributed by atoms with Crippen LogP contribution in [-0.2, 0) is 11.2 Å². The zero-order valence-corrected chi connectivity index (χ0v) is 11.9. The van der Waals surface area contributed by atoms with Crippen LogP contribution in [0.5, 0.6) is 0 Å². The van der Waals surface area contributed by atoms with Gasteiger partial charge >= 0.3 is 0 Å². The molecule has 2 aliphatic rings. The van der Waals surface area contributed by atoms with Crippen LogP contribution in [0, 0.1) is 0 Å². The summed E-state index contributed by atoms with van der Waals surface area (Å²) in [4.78, 5) is 0. The van der Waals surface area contributed by atoms with Crippen molar-refractivity contribution < 1.29 is 4.74 Å². The fourth-order valence-corrected chi connectivity index (χ4v) is 3.29. The molecule has 2 nitrogen and oxygen atoms in total. The summed E-state index contributed by atoms with van der Waals surface area (Å²) in [5.41, 5.74) is 2.97. The van der Waals surface area contributed by atoms with E-state index in [-0.39, 0.29) is 0 Å². The van der Waals surface area contributed by atoms with E-state index in [1.807, 2.05) is 0 Å². The molecule has 2 unspecified atom stereocenters. The van der Waals surface area contributed by atoms with Crippen LogP contribution in [0.3, 0.4) is 0 Å². The molecule has 0 spiro atoms. The Hall–Kier alpha value is -0.860. The van der Waals surface area contributed by atoms with Crippen molar-refractivity contribution in [3.63, 3.8) is 0 Å². The molecule has 1 N–H and O–H groups in total. The minimum atomic E-state index is 0.355. The van der Waals surface area contributed by atoms with Gasteiger partial charge in [0.15, 0.2) is 0 Å². The number of hydrogen-bond acceptors (Lipinski definition) is 2. The van der Waals surface area contributed by atoms with Crippen LogP contribution in [0.4, 0.5) is 0 Å². The first-order chi connectivity index (χ1) is 9.38. The van der Waals surface area contributed by atoms with E-state index < -0.39 is 0 Å². The molecular formula is C17H25NO. The fraction of sp³-hybridized carbons (Fsp3) is 0.647. The van der Waals surface area contributed by atoms with E-state index in [0.717, 1.165) is 6.54 Å². The monoisotopic (exact) mass is 259 g/mol. The Morgan fingerprint density at radius 2 is 2.00 bits per heavy atom. The van der Waals surface area contributed by atoms with Crippen molar-refractivity contribution in [2.24, 2.45) is 0 Å². The third kappa shape index (κ3) is 2.85. The van der Waals surface area contributed by atoms with Crippen molar-refractivity contribution in [2.75, 3.05) is 6.54 Å². The highest BCUT2D eigenvalue weighted by molar-refractivity contribution is 5.32. The Balaban J connectivity index is 1.82. The van der Waals surface area contributed by atoms with Gasteiger partial charge in [-0.3, -0.25) is 0 Å². The topological polar surface area (TPSA) is 21.3 Å². The lowest BCUT2D eigenvalue weighted by molar-refractivity contribution is -0.0694. The summed E-state index contributed by atoms with van der Waals surface area (Å²) < 4.78 is 6.37. The molecule has 19 heavy (non-hydrogen) atoms. The number of hydrogen-bond donors (Lipinski definition) is 1. The van der Waals surface area contributed by atoms with E-state index in [1.54, 1.807) is 0 Å². The highest BCUT2D eigenvalue weighted by Crippen LogP contribution is 2.34. The number of rotatable bonds is 4. The van der Waals surface area contributed by atoms with Crippen molar-refractivity contribution in [1.82, 2.24) is 5.32 Å². The van der Waals surface area contributed by atoms with E-state index in [2.05, 4.69) is 36.5 Å². The van der Waals surface area contributed by atoms with Crippen LogP contribution in [0.1, 0.15) is 56.2 Å². The van der Waals surface area contributed by atoms with E-state index in [4.69, 9.17) is 4.74 Å². The van der Waals surface area contributed by atoms with Crippen LogP contribution in [0.25, 0.3) is 0 Å². The van der Waals surface area contributed by atoms with Gasteiger partial charge in [-0.05, 0) is 56.2 Å². The highest BCUT2D eigenvalue weighted by atomic mass is 16.5. The number of nitrogens with one attached hydrogen (secondary N) is 1. The summed E-state index contributed by atoms with van der Waals surface area (Å²) in [6, 6.07) is 9.27. The Morgan fingerprint density at radius 1 is 1.16 bits per heavy atom. The maximum absolute atomic E-state index is 6.37. The Bertz CT molecular complexity index is 413. The third-order valence-electron chi connectivity index (χ3n) is 4.54. The lowest BCUT2D eigenvalue weighted by Crippen LogP contribution is -2.37. The predicted octanol–water partition coefficient (Wildman–Crippen LogP) is 3.61. The van der Waals surface area contributed by atoms with Crippen molar-refractivity contribution in [2.45, 2.75) is 63.7 Å². The number of likely N-dealkylation sites (N-methyl/N-ethyl adjacent to an activating group) is 1. The Kier molecular flexibility index (Phi) is 4.19. The van der Waals surface area contributed by atoms with Gasteiger partial charge in [0.25, 0.3) is 0 Å². The largest absolute Gasteiger partial charge is 0.373 e. The van der Waals surface area contributed by atoms with Crippen molar-refractivity contribution >= 4 is 0 Å². The second-order valence-corrected chi connectivity index (χ2v) is 5.85. The van der Waals surface area contributed by atoms with Crippen LogP contribution < -0.4 is 5.32 Å². The van der Waals surface area contributed by atoms with Gasteiger partial charge in [-0.25, -0.2) is 0 Å². The van der Waals surface area contributed by atoms with E-state index in [0.29, 0.717) is 18.2 Å². The zero-order valence-electron chi connectivity index (χ0n) is 11.9. The average molecular weight is 259 g/mol. The Morgan fingerprint density at radius 3 is 2.74 bits per heavy atom. The van der Waals surface area contributed by atoms with Crippen molar-refractivity contribution in [1.29, 1.82) is 0 Å². The standard InChI is InChI=1S/C17H25NO/c1-2-18-17-15-11-4-3-7-13(15)8-5-12-16(17)19-14-9-6-10-14/h3-4,7,11,14,16-18H,2,5-6,8-10,12H2,1H3. The molecule has 0 heterocycles. The molecule has 0 amide bonds. The molecular weight excluding hydrogens is 234 g/mol. The molecule has 0 saturated heterocycles. The first kappa shape index (κ1) is 13.1. The maximum atomic E-state index is 6.37. The molecule has 1 saturated carbocycles. The highest BCUT2D eigenvalue weighted by Gasteiger charge is 2.31. The molecule has 0 radical (unpaired) electrons. The molecule has 0 aromatic heterocycles. The smallest absolute Gasteiger partial charge is 0.0773 e. The summed E-state index contributed by atoms with van der Waals surface area (Å²) in [5.74, 6) is 0. The van der Waals surface area contributed by atoms with Crippen LogP contribution >= 0.6 is 0 Å². The van der Waals surface area contributed by atoms with Crippen LogP contribution in [-0.4, -0.2) is 18.8 Å². The molecule has 2 heteroatoms. The first-order valence-corrected chi connectivity index (χ1v) is 7.85. The molecule has 104 valence electrons. The predicted molar refractivity (Wildman–Crippen MR) is 78.3 cm³/mol. The zero-order chi connectivity index (χ0) is 13.1. The van der Waals surface area contributed by atoms with E-state index >= 15 is 0 Å². The minimum absolute atomic E-state index is 0.355. The summed E-state index contributed by atoms with van der Waals surface area (Å²) in [6.45, 7) is 3.19. The first-order valence-electron chi connectivity index (χ1n) is 7.85. The van der Waals surface area contributed by atoms with Gasteiger partial charge in [0, 0.05) is 0 Å². The fourth-order valence-electron chi connectivity index (χ4n) is 3.29. The van der Waals surface area contributed by atoms with Gasteiger partial charge in [-0.15, -0.1) is 0 Å². The second kappa shape index (κ2) is 6.06. The van der Waals surface area contributed by atoms with Gasteiger partial charge in [0.2, 0.25) is 0 Å². The van der Waals surface area contributed by atoms with Gasteiger partial charge in [-0.1, -0.05) is 31.2 Å². The third-order valence-corrected chi connectivity index (χ3v) is 4.54. The minimum Gasteiger partial charge on any atom is -0.373 e.